The van der Waals surface area contributed by atoms with Crippen LogP contribution in [0.15, 0.2) is 12.2 Å². The average molecular weight is 780 g/mol. The van der Waals surface area contributed by atoms with Gasteiger partial charge in [-0.1, -0.05) is 47.3 Å². The van der Waals surface area contributed by atoms with Crippen LogP contribution in [0.5, 0.6) is 0 Å². The second kappa shape index (κ2) is 19.9. The van der Waals surface area contributed by atoms with Crippen LogP contribution in [0.1, 0.15) is 102 Å². The van der Waals surface area contributed by atoms with E-state index in [0.717, 1.165) is 0 Å². The van der Waals surface area contributed by atoms with Gasteiger partial charge in [-0.25, -0.2) is 0 Å². The largest absolute Gasteiger partial charge is 0.459 e. The molecule has 3 aliphatic rings. The first-order valence-corrected chi connectivity index (χ1v) is 19.0. The first-order valence-electron chi connectivity index (χ1n) is 19.0. The molecule has 320 valence electrons. The number of hydrogen-bond acceptors (Lipinski definition) is 13. The number of aliphatic hydroxyl groups is 4. The Kier molecular flexibility index (Phi) is 18.7. The van der Waals surface area contributed by atoms with Gasteiger partial charge in [0.25, 0.3) is 0 Å². The van der Waals surface area contributed by atoms with Crippen LogP contribution in [0.4, 0.5) is 0 Å². The summed E-state index contributed by atoms with van der Waals surface area (Å²) in [6, 6.07) is -0.243. The molecule has 54 heavy (non-hydrogen) atoms. The molecule has 3 rings (SSSR count). The zero-order chi connectivity index (χ0) is 39.7. The fourth-order valence-corrected chi connectivity index (χ4v) is 8.66. The highest BCUT2D eigenvalue weighted by Crippen LogP contribution is 2.43. The Morgan fingerprint density at radius 1 is 0.889 bits per heavy atom. The summed E-state index contributed by atoms with van der Waals surface area (Å²) in [5, 5.41) is 45.9. The van der Waals surface area contributed by atoms with Crippen molar-refractivity contribution in [2.75, 3.05) is 28.3 Å². The number of methoxy groups -OCH3 is 2. The predicted molar refractivity (Wildman–Crippen MR) is 206 cm³/mol. The number of ether oxygens (including phenoxy) is 7. The first kappa shape index (κ1) is 50.7. The lowest BCUT2D eigenvalue weighted by atomic mass is 9.72. The lowest BCUT2D eigenvalue weighted by molar-refractivity contribution is -0.319. The summed E-state index contributed by atoms with van der Waals surface area (Å²) < 4.78 is 44.3. The molecule has 3 heterocycles. The Morgan fingerprint density at radius 3 is 1.98 bits per heavy atom. The van der Waals surface area contributed by atoms with Gasteiger partial charge in [0.15, 0.2) is 12.6 Å². The van der Waals surface area contributed by atoms with Crippen molar-refractivity contribution in [1.82, 2.24) is 4.90 Å². The van der Waals surface area contributed by atoms with Crippen molar-refractivity contribution >= 4 is 5.97 Å². The molecule has 0 bridgehead atoms. The van der Waals surface area contributed by atoms with Crippen molar-refractivity contribution in [2.24, 2.45) is 23.7 Å². The minimum Gasteiger partial charge on any atom is -0.459 e. The number of carbonyl (C=O) groups excluding carboxylic acids is 1. The zero-order valence-corrected chi connectivity index (χ0v) is 34.7. The van der Waals surface area contributed by atoms with Gasteiger partial charge in [-0.05, 0) is 80.8 Å². The molecule has 14 heteroatoms. The van der Waals surface area contributed by atoms with Gasteiger partial charge < -0.3 is 64.0 Å². The minimum atomic E-state index is -1.80. The molecule has 14 nitrogen and oxygen atoms in total. The number of rotatable bonds is 8. The van der Waals surface area contributed by atoms with E-state index in [9.17, 15) is 25.2 Å². The Labute approximate surface area is 325 Å². The van der Waals surface area contributed by atoms with Crippen molar-refractivity contribution < 1.29 is 63.9 Å². The van der Waals surface area contributed by atoms with Gasteiger partial charge in [0.1, 0.15) is 23.9 Å². The molecule has 3 fully saturated rings. The molecule has 3 aliphatic heterocycles. The molecule has 0 spiro atoms. The molecule has 0 aliphatic carbocycles. The summed E-state index contributed by atoms with van der Waals surface area (Å²) in [7, 11) is 6.92. The van der Waals surface area contributed by atoms with Gasteiger partial charge in [0.2, 0.25) is 0 Å². The minimum absolute atomic E-state index is 0. The third kappa shape index (κ3) is 10.6. The number of cyclic esters (lactones) is 1. The van der Waals surface area contributed by atoms with E-state index in [-0.39, 0.29) is 43.8 Å². The van der Waals surface area contributed by atoms with E-state index in [1.165, 1.54) is 14.0 Å². The molecule has 18 atom stereocenters. The molecular formula is C40H77NO13. The molecule has 6 N–H and O–H groups in total. The van der Waals surface area contributed by atoms with Crippen LogP contribution in [0, 0.1) is 23.7 Å². The summed E-state index contributed by atoms with van der Waals surface area (Å²) in [4.78, 5) is 16.2. The third-order valence-corrected chi connectivity index (χ3v) is 12.6. The van der Waals surface area contributed by atoms with E-state index in [0.29, 0.717) is 18.4 Å². The first-order chi connectivity index (χ1) is 24.0. The summed E-state index contributed by atoms with van der Waals surface area (Å²) in [6.45, 7) is 22.4. The smallest absolute Gasteiger partial charge is 0.311 e. The maximum absolute atomic E-state index is 14.2. The number of aliphatic hydroxyl groups excluding tert-OH is 3. The molecule has 0 amide bonds. The van der Waals surface area contributed by atoms with Gasteiger partial charge in [-0.15, -0.1) is 0 Å². The average Bonchev–Trinajstić information content (AvgIpc) is 3.09. The van der Waals surface area contributed by atoms with E-state index < -0.39 is 95.8 Å². The molecule has 0 aromatic rings. The van der Waals surface area contributed by atoms with Crippen LogP contribution in [0.2, 0.25) is 0 Å². The van der Waals surface area contributed by atoms with E-state index in [4.69, 9.17) is 33.2 Å². The quantitative estimate of drug-likeness (QED) is 0.207. The molecule has 1 unspecified atom stereocenters. The van der Waals surface area contributed by atoms with Crippen LogP contribution in [0.25, 0.3) is 0 Å². The van der Waals surface area contributed by atoms with Gasteiger partial charge in [-0.3, -0.25) is 4.79 Å². The van der Waals surface area contributed by atoms with Crippen molar-refractivity contribution in [1.29, 1.82) is 0 Å². The maximum Gasteiger partial charge on any atom is 0.311 e. The molecule has 0 aromatic carbocycles. The number of nitrogens with zero attached hydrogens (tertiary/aromatic N) is 1. The fourth-order valence-electron chi connectivity index (χ4n) is 8.66. The zero-order valence-electron chi connectivity index (χ0n) is 34.7. The van der Waals surface area contributed by atoms with Gasteiger partial charge in [0, 0.05) is 38.5 Å². The maximum atomic E-state index is 14.2. The van der Waals surface area contributed by atoms with Gasteiger partial charge in [-0.2, -0.15) is 0 Å². The Bertz CT molecular complexity index is 1190. The SMILES string of the molecule is C.C=C1[C@H](C)C[C@@](C)(OC)C(O[C@@H]2O[C@H](C)C[C@H](N(C)C)[C@H]2O)[C@@H](C)[C@H](O[C@H]2C[C@@](C)(OC)[C@@H](O)[C@H](C)O2)[C@@H](C)C(=O)O[C@H](CC)[C@@](C)(O)[C@H](O)[C@H]1C.O. The second-order valence-electron chi connectivity index (χ2n) is 16.8. The van der Waals surface area contributed by atoms with Crippen LogP contribution < -0.4 is 0 Å². The summed E-state index contributed by atoms with van der Waals surface area (Å²) >= 11 is 0. The van der Waals surface area contributed by atoms with E-state index in [2.05, 4.69) is 6.58 Å². The van der Waals surface area contributed by atoms with Crippen molar-refractivity contribution in [3.8, 4) is 0 Å². The topological polar surface area (TPSA) is 197 Å². The standard InChI is InChI=1S/C39H71NO12.CH4.H2O/c1-16-28-39(11,45)32(42)23(5)22(4)20(2)18-38(10,47-15)34(52-36-30(41)27(40(12)13)17-21(3)48-36)24(6)31(25(7)35(44)50-28)51-29-19-37(9,46-14)33(43)26(8)49-29;;/h20-21,23-34,36,41-43,45H,4,16-19H2,1-3,5-15H3;1H4;1H2/t20-,21-,23+,24+,25-,26+,27+,28-,29+,30-,31+,32-,33+,34?,36+,37-,38-,39-;;/m1../s1. The predicted octanol–water partition coefficient (Wildman–Crippen LogP) is 3.24. The molecule has 0 aromatic heterocycles. The van der Waals surface area contributed by atoms with Crippen LogP contribution in [0.3, 0.4) is 0 Å². The summed E-state index contributed by atoms with van der Waals surface area (Å²) in [6.07, 6.45) is -7.55. The number of likely N-dealkylation sites (N-methyl/N-ethyl adjacent to an activating group) is 1. The molecule has 0 saturated carbocycles. The van der Waals surface area contributed by atoms with E-state index >= 15 is 0 Å². The van der Waals surface area contributed by atoms with Gasteiger partial charge >= 0.3 is 5.97 Å². The Balaban J connectivity index is 0.00000729. The van der Waals surface area contributed by atoms with Crippen LogP contribution in [-0.4, -0.2) is 149 Å². The van der Waals surface area contributed by atoms with Crippen LogP contribution in [-0.2, 0) is 38.0 Å². The van der Waals surface area contributed by atoms with Gasteiger partial charge in [0.05, 0.1) is 47.6 Å². The monoisotopic (exact) mass is 780 g/mol. The van der Waals surface area contributed by atoms with E-state index in [1.54, 1.807) is 41.7 Å². The Morgan fingerprint density at radius 2 is 1.46 bits per heavy atom. The highest BCUT2D eigenvalue weighted by Gasteiger charge is 2.53. The summed E-state index contributed by atoms with van der Waals surface area (Å²) in [5.41, 5.74) is -3.22. The number of carbonyl (C=O) groups is 1. The lowest BCUT2D eigenvalue weighted by Crippen LogP contribution is -2.61. The van der Waals surface area contributed by atoms with Crippen LogP contribution >= 0.6 is 0 Å². The fraction of sp³-hybridized carbons (Fsp3) is 0.925. The van der Waals surface area contributed by atoms with E-state index in [1.807, 2.05) is 46.7 Å². The van der Waals surface area contributed by atoms with Crippen molar-refractivity contribution in [3.63, 3.8) is 0 Å². The highest BCUT2D eigenvalue weighted by atomic mass is 16.7. The molecule has 3 saturated heterocycles. The highest BCUT2D eigenvalue weighted by molar-refractivity contribution is 5.73. The third-order valence-electron chi connectivity index (χ3n) is 12.6. The molecule has 0 radical (unpaired) electrons. The number of hydrogen-bond donors (Lipinski definition) is 4. The normalized spacial score (nSPS) is 47.2. The second-order valence-corrected chi connectivity index (χ2v) is 16.8. The Hall–Kier alpha value is -1.27. The number of esters is 1. The van der Waals surface area contributed by atoms with Crippen molar-refractivity contribution in [3.05, 3.63) is 12.2 Å². The molecular weight excluding hydrogens is 702 g/mol. The lowest BCUT2D eigenvalue weighted by Gasteiger charge is -2.50. The summed E-state index contributed by atoms with van der Waals surface area (Å²) in [5.74, 6) is -3.07. The van der Waals surface area contributed by atoms with Crippen molar-refractivity contribution in [2.45, 2.75) is 187 Å².